The van der Waals surface area contributed by atoms with Gasteiger partial charge in [0.05, 0.1) is 5.92 Å². The molecule has 2 saturated carbocycles. The number of carboxylic acids is 1. The van der Waals surface area contributed by atoms with Crippen LogP contribution in [-0.2, 0) is 4.79 Å². The molecule has 2 rings (SSSR count). The Balaban J connectivity index is 2.05. The van der Waals surface area contributed by atoms with E-state index >= 15 is 0 Å². The fourth-order valence-electron chi connectivity index (χ4n) is 2.40. The molecule has 2 fully saturated rings. The molecule has 2 aliphatic rings. The Bertz CT molecular complexity index is 165. The third-order valence-corrected chi connectivity index (χ3v) is 3.16. The van der Waals surface area contributed by atoms with Crippen LogP contribution < -0.4 is 0 Å². The minimum Gasteiger partial charge on any atom is -0.481 e. The summed E-state index contributed by atoms with van der Waals surface area (Å²) in [5.74, 6) is 0.782. The van der Waals surface area contributed by atoms with Gasteiger partial charge in [0, 0.05) is 0 Å². The number of fused-ring (bicyclic) bond motifs is 1. The van der Waals surface area contributed by atoms with Crippen molar-refractivity contribution in [3.05, 3.63) is 0 Å². The first-order chi connectivity index (χ1) is 4.79. The molecule has 10 heavy (non-hydrogen) atoms. The zero-order valence-electron chi connectivity index (χ0n) is 5.92. The van der Waals surface area contributed by atoms with Crippen LogP contribution in [0.2, 0.25) is 0 Å². The Hall–Kier alpha value is -0.530. The maximum Gasteiger partial charge on any atom is 0.306 e. The van der Waals surface area contributed by atoms with Gasteiger partial charge in [0.1, 0.15) is 0 Å². The van der Waals surface area contributed by atoms with E-state index in [4.69, 9.17) is 5.11 Å². The number of rotatable bonds is 1. The molecule has 0 heterocycles. The third kappa shape index (κ3) is 0.678. The van der Waals surface area contributed by atoms with Crippen LogP contribution in [0.4, 0.5) is 0 Å². The number of aliphatic carboxylic acids is 1. The van der Waals surface area contributed by atoms with E-state index in [0.29, 0.717) is 5.92 Å². The van der Waals surface area contributed by atoms with Gasteiger partial charge in [-0.25, -0.2) is 0 Å². The quantitative estimate of drug-likeness (QED) is 0.599. The van der Waals surface area contributed by atoms with Gasteiger partial charge in [-0.2, -0.15) is 0 Å². The molecule has 0 bridgehead atoms. The second-order valence-corrected chi connectivity index (χ2v) is 3.52. The van der Waals surface area contributed by atoms with E-state index in [9.17, 15) is 4.79 Å². The molecule has 0 saturated heterocycles. The molecule has 3 atom stereocenters. The molecule has 1 unspecified atom stereocenters. The zero-order valence-corrected chi connectivity index (χ0v) is 5.92. The maximum absolute atomic E-state index is 10.6. The molecule has 0 radical (unpaired) electrons. The predicted molar refractivity (Wildman–Crippen MR) is 36.6 cm³/mol. The van der Waals surface area contributed by atoms with E-state index in [0.717, 1.165) is 12.3 Å². The standard InChI is InChI=1S/C8H12O2/c9-8(10)7-4-2-5-1-3-6(5)7/h5-7H,1-4H2,(H,9,10)/t5-,6-,7?/m0/s1. The maximum atomic E-state index is 10.6. The summed E-state index contributed by atoms with van der Waals surface area (Å²) in [6.45, 7) is 0. The van der Waals surface area contributed by atoms with Gasteiger partial charge in [-0.1, -0.05) is 0 Å². The van der Waals surface area contributed by atoms with Gasteiger partial charge in [0.15, 0.2) is 0 Å². The number of carbonyl (C=O) groups is 1. The van der Waals surface area contributed by atoms with Gasteiger partial charge in [-0.05, 0) is 37.5 Å². The lowest BCUT2D eigenvalue weighted by atomic mass is 9.73. The molecule has 0 spiro atoms. The van der Waals surface area contributed by atoms with Crippen molar-refractivity contribution in [2.75, 3.05) is 0 Å². The SMILES string of the molecule is O=C(O)C1CC[C@@H]2CC[C@H]12. The molecule has 0 aromatic rings. The average molecular weight is 140 g/mol. The minimum absolute atomic E-state index is 0.0127. The van der Waals surface area contributed by atoms with Crippen LogP contribution in [0.15, 0.2) is 0 Å². The number of hydrogen-bond donors (Lipinski definition) is 1. The van der Waals surface area contributed by atoms with Gasteiger partial charge in [0.25, 0.3) is 0 Å². The van der Waals surface area contributed by atoms with Gasteiger partial charge >= 0.3 is 5.97 Å². The highest BCUT2D eigenvalue weighted by molar-refractivity contribution is 5.71. The van der Waals surface area contributed by atoms with Crippen LogP contribution in [0, 0.1) is 17.8 Å². The third-order valence-electron chi connectivity index (χ3n) is 3.16. The Morgan fingerprint density at radius 1 is 1.20 bits per heavy atom. The van der Waals surface area contributed by atoms with Crippen LogP contribution in [0.25, 0.3) is 0 Å². The highest BCUT2D eigenvalue weighted by atomic mass is 16.4. The van der Waals surface area contributed by atoms with E-state index in [-0.39, 0.29) is 5.92 Å². The van der Waals surface area contributed by atoms with Gasteiger partial charge in [-0.15, -0.1) is 0 Å². The van der Waals surface area contributed by atoms with E-state index in [2.05, 4.69) is 0 Å². The van der Waals surface area contributed by atoms with Crippen molar-refractivity contribution in [2.45, 2.75) is 25.7 Å². The first-order valence-corrected chi connectivity index (χ1v) is 4.02. The zero-order chi connectivity index (χ0) is 7.14. The summed E-state index contributed by atoms with van der Waals surface area (Å²) >= 11 is 0. The van der Waals surface area contributed by atoms with Crippen molar-refractivity contribution >= 4 is 5.97 Å². The minimum atomic E-state index is -0.563. The molecular weight excluding hydrogens is 128 g/mol. The van der Waals surface area contributed by atoms with Gasteiger partial charge in [-0.3, -0.25) is 4.79 Å². The average Bonchev–Trinajstić information content (AvgIpc) is 2.07. The summed E-state index contributed by atoms with van der Waals surface area (Å²) < 4.78 is 0. The van der Waals surface area contributed by atoms with Crippen molar-refractivity contribution in [3.8, 4) is 0 Å². The second kappa shape index (κ2) is 1.97. The van der Waals surface area contributed by atoms with E-state index in [1.54, 1.807) is 0 Å². The highest BCUT2D eigenvalue weighted by Crippen LogP contribution is 2.50. The molecular formula is C8H12O2. The van der Waals surface area contributed by atoms with E-state index < -0.39 is 5.97 Å². The molecule has 0 amide bonds. The van der Waals surface area contributed by atoms with Crippen molar-refractivity contribution < 1.29 is 9.90 Å². The smallest absolute Gasteiger partial charge is 0.306 e. The molecule has 2 nitrogen and oxygen atoms in total. The fourth-order valence-corrected chi connectivity index (χ4v) is 2.40. The lowest BCUT2D eigenvalue weighted by molar-refractivity contribution is -0.144. The Labute approximate surface area is 60.2 Å². The van der Waals surface area contributed by atoms with Crippen molar-refractivity contribution in [1.29, 1.82) is 0 Å². The lowest BCUT2D eigenvalue weighted by Gasteiger charge is -2.32. The van der Waals surface area contributed by atoms with Crippen molar-refractivity contribution in [3.63, 3.8) is 0 Å². The summed E-state index contributed by atoms with van der Waals surface area (Å²) in [6, 6.07) is 0. The molecule has 1 N–H and O–H groups in total. The van der Waals surface area contributed by atoms with Crippen LogP contribution >= 0.6 is 0 Å². The van der Waals surface area contributed by atoms with Gasteiger partial charge < -0.3 is 5.11 Å². The van der Waals surface area contributed by atoms with Gasteiger partial charge in [0.2, 0.25) is 0 Å². The largest absolute Gasteiger partial charge is 0.481 e. The topological polar surface area (TPSA) is 37.3 Å². The molecule has 56 valence electrons. The summed E-state index contributed by atoms with van der Waals surface area (Å²) in [5.41, 5.74) is 0. The van der Waals surface area contributed by atoms with E-state index in [1.165, 1.54) is 19.3 Å². The molecule has 0 aromatic heterocycles. The van der Waals surface area contributed by atoms with Crippen molar-refractivity contribution in [1.82, 2.24) is 0 Å². The monoisotopic (exact) mass is 140 g/mol. The predicted octanol–water partition coefficient (Wildman–Crippen LogP) is 1.51. The Kier molecular flexibility index (Phi) is 1.22. The van der Waals surface area contributed by atoms with Crippen LogP contribution in [0.3, 0.4) is 0 Å². The molecule has 0 aliphatic heterocycles. The first kappa shape index (κ1) is 6.20. The van der Waals surface area contributed by atoms with Crippen LogP contribution in [0.1, 0.15) is 25.7 Å². The summed E-state index contributed by atoms with van der Waals surface area (Å²) in [4.78, 5) is 10.6. The van der Waals surface area contributed by atoms with Crippen LogP contribution in [0.5, 0.6) is 0 Å². The fraction of sp³-hybridized carbons (Fsp3) is 0.875. The normalized spacial score (nSPS) is 44.2. The number of carboxylic acid groups (broad SMARTS) is 1. The summed E-state index contributed by atoms with van der Waals surface area (Å²) in [7, 11) is 0. The second-order valence-electron chi connectivity index (χ2n) is 3.52. The molecule has 2 heteroatoms. The van der Waals surface area contributed by atoms with Crippen molar-refractivity contribution in [2.24, 2.45) is 17.8 Å². The lowest BCUT2D eigenvalue weighted by Crippen LogP contribution is -2.29. The molecule has 0 aromatic carbocycles. The Morgan fingerprint density at radius 2 is 1.90 bits per heavy atom. The highest BCUT2D eigenvalue weighted by Gasteiger charge is 2.45. The molecule has 2 aliphatic carbocycles. The summed E-state index contributed by atoms with van der Waals surface area (Å²) in [5, 5.41) is 8.74. The van der Waals surface area contributed by atoms with E-state index in [1.807, 2.05) is 0 Å². The first-order valence-electron chi connectivity index (χ1n) is 4.02. The Morgan fingerprint density at radius 3 is 2.20 bits per heavy atom. The number of hydrogen-bond acceptors (Lipinski definition) is 1. The summed E-state index contributed by atoms with van der Waals surface area (Å²) in [6.07, 6.45) is 4.56. The van der Waals surface area contributed by atoms with Crippen LogP contribution in [-0.4, -0.2) is 11.1 Å².